The van der Waals surface area contributed by atoms with Crippen LogP contribution in [0.15, 0.2) is 35.2 Å². The maximum Gasteiger partial charge on any atom is 0.416 e. The summed E-state index contributed by atoms with van der Waals surface area (Å²) < 4.78 is 45.6. The molecule has 3 heterocycles. The second-order valence-corrected chi connectivity index (χ2v) is 12.9. The van der Waals surface area contributed by atoms with Crippen molar-refractivity contribution in [1.29, 1.82) is 0 Å². The van der Waals surface area contributed by atoms with Crippen LogP contribution < -0.4 is 10.2 Å². The molecule has 248 valence electrons. The molecule has 3 aromatic rings. The van der Waals surface area contributed by atoms with Crippen LogP contribution in [0.5, 0.6) is 0 Å². The van der Waals surface area contributed by atoms with Gasteiger partial charge in [0.15, 0.2) is 11.4 Å². The normalized spacial score (nSPS) is 21.1. The first-order chi connectivity index (χ1) is 21.8. The lowest BCUT2D eigenvalue weighted by molar-refractivity contribution is -0.149. The molecule has 5 rings (SSSR count). The van der Waals surface area contributed by atoms with Crippen molar-refractivity contribution in [3.8, 4) is 11.5 Å². The first-order valence-corrected chi connectivity index (χ1v) is 15.6. The van der Waals surface area contributed by atoms with Crippen LogP contribution in [0.2, 0.25) is 0 Å². The molecule has 0 saturated heterocycles. The van der Waals surface area contributed by atoms with Crippen molar-refractivity contribution in [3.05, 3.63) is 42.2 Å². The molecular formula is C32H40F2N6O6. The average Bonchev–Trinajstić information content (AvgIpc) is 3.36. The highest BCUT2D eigenvalue weighted by atomic mass is 19.3. The number of amides is 2. The maximum atomic E-state index is 13.9. The number of rotatable bonds is 10. The summed E-state index contributed by atoms with van der Waals surface area (Å²) in [5, 5.41) is 6.57. The molecule has 0 bridgehead atoms. The molecule has 0 aliphatic heterocycles. The Hall–Kier alpha value is -4.36. The standard InChI is InChI=1S/C32H40F2N6O6/c1-6-44-30(42)19-7-9-22(10-8-19)40-16-23(26(38-40)27(33)34)36-28(41)24-17-45-29(37-24)20-11-12-35-25(14-20)39(15-21-13-18(21)2)31(43)46-32(3,4)5/h11-12,14,16-19,21-22,27H,6-10,13,15H2,1-5H3,(H,36,41)/t18-,19?,21?,22?/m0/s1. The Bertz CT molecular complexity index is 1560. The van der Waals surface area contributed by atoms with Crippen LogP contribution in [0.25, 0.3) is 11.5 Å². The van der Waals surface area contributed by atoms with E-state index in [9.17, 15) is 23.2 Å². The molecule has 2 fully saturated rings. The van der Waals surface area contributed by atoms with Gasteiger partial charge in [-0.15, -0.1) is 0 Å². The number of carbonyl (C=O) groups excluding carboxylic acids is 3. The molecular weight excluding hydrogens is 602 g/mol. The van der Waals surface area contributed by atoms with Gasteiger partial charge in [-0.1, -0.05) is 6.92 Å². The van der Waals surface area contributed by atoms with E-state index in [1.54, 1.807) is 39.8 Å². The topological polar surface area (TPSA) is 142 Å². The van der Waals surface area contributed by atoms with Gasteiger partial charge in [-0.2, -0.15) is 5.10 Å². The molecule has 14 heteroatoms. The van der Waals surface area contributed by atoms with E-state index in [4.69, 9.17) is 13.9 Å². The number of halogens is 2. The molecule has 2 atom stereocenters. The van der Waals surface area contributed by atoms with Gasteiger partial charge in [0.25, 0.3) is 12.3 Å². The monoisotopic (exact) mass is 642 g/mol. The maximum absolute atomic E-state index is 13.9. The van der Waals surface area contributed by atoms with Crippen LogP contribution >= 0.6 is 0 Å². The summed E-state index contributed by atoms with van der Waals surface area (Å²) in [6.07, 6.45) is 3.81. The summed E-state index contributed by atoms with van der Waals surface area (Å²) in [5.74, 6) is 0.0321. The minimum absolute atomic E-state index is 0.0841. The molecule has 3 aromatic heterocycles. The van der Waals surface area contributed by atoms with Gasteiger partial charge in [0.2, 0.25) is 5.89 Å². The van der Waals surface area contributed by atoms with E-state index in [0.29, 0.717) is 62.1 Å². The van der Waals surface area contributed by atoms with Gasteiger partial charge in [0.1, 0.15) is 17.7 Å². The Morgan fingerprint density at radius 1 is 1.20 bits per heavy atom. The fraction of sp³-hybridized carbons (Fsp3) is 0.562. The summed E-state index contributed by atoms with van der Waals surface area (Å²) in [7, 11) is 0. The number of ether oxygens (including phenoxy) is 2. The number of nitrogens with one attached hydrogen (secondary N) is 1. The van der Waals surface area contributed by atoms with Crippen LogP contribution in [0, 0.1) is 17.8 Å². The molecule has 2 aliphatic carbocycles. The third kappa shape index (κ3) is 7.88. The Morgan fingerprint density at radius 3 is 2.54 bits per heavy atom. The fourth-order valence-electron chi connectivity index (χ4n) is 5.55. The SMILES string of the molecule is CCOC(=O)C1CCC(n2cc(NC(=O)c3coc(-c4ccnc(N(CC5C[C@@H]5C)C(=O)OC(C)(C)C)c4)n3)c(C(F)F)n2)CC1. The Morgan fingerprint density at radius 2 is 1.91 bits per heavy atom. The van der Waals surface area contributed by atoms with E-state index in [1.807, 2.05) is 0 Å². The lowest BCUT2D eigenvalue weighted by atomic mass is 9.86. The highest BCUT2D eigenvalue weighted by molar-refractivity contribution is 6.03. The first kappa shape index (κ1) is 33.0. The zero-order valence-electron chi connectivity index (χ0n) is 26.7. The molecule has 1 N–H and O–H groups in total. The molecule has 2 saturated carbocycles. The molecule has 2 aliphatic rings. The zero-order chi connectivity index (χ0) is 33.2. The van der Waals surface area contributed by atoms with Crippen molar-refractivity contribution in [2.75, 3.05) is 23.4 Å². The smallest absolute Gasteiger partial charge is 0.416 e. The molecule has 0 spiro atoms. The van der Waals surface area contributed by atoms with Crippen LogP contribution in [-0.2, 0) is 14.3 Å². The van der Waals surface area contributed by atoms with Crippen molar-refractivity contribution < 1.29 is 37.1 Å². The zero-order valence-corrected chi connectivity index (χ0v) is 26.7. The minimum atomic E-state index is -2.93. The number of carbonyl (C=O) groups is 3. The lowest BCUT2D eigenvalue weighted by Gasteiger charge is -2.27. The first-order valence-electron chi connectivity index (χ1n) is 15.6. The van der Waals surface area contributed by atoms with E-state index in [2.05, 4.69) is 27.3 Å². The van der Waals surface area contributed by atoms with Crippen LogP contribution in [0.4, 0.5) is 25.1 Å². The Balaban J connectivity index is 1.29. The quantitative estimate of drug-likeness (QED) is 0.236. The highest BCUT2D eigenvalue weighted by Gasteiger charge is 2.37. The summed E-state index contributed by atoms with van der Waals surface area (Å²) in [4.78, 5) is 48.4. The van der Waals surface area contributed by atoms with Gasteiger partial charge in [-0.25, -0.2) is 23.5 Å². The van der Waals surface area contributed by atoms with Gasteiger partial charge in [0.05, 0.1) is 24.3 Å². The minimum Gasteiger partial charge on any atom is -0.466 e. The number of esters is 1. The van der Waals surface area contributed by atoms with E-state index in [1.165, 1.54) is 22.0 Å². The van der Waals surface area contributed by atoms with Crippen molar-refractivity contribution in [2.24, 2.45) is 17.8 Å². The van der Waals surface area contributed by atoms with Gasteiger partial charge < -0.3 is 19.2 Å². The third-order valence-corrected chi connectivity index (χ3v) is 8.22. The predicted octanol–water partition coefficient (Wildman–Crippen LogP) is 6.81. The van der Waals surface area contributed by atoms with Gasteiger partial charge in [-0.05, 0) is 83.8 Å². The van der Waals surface area contributed by atoms with Gasteiger partial charge >= 0.3 is 12.1 Å². The summed E-state index contributed by atoms with van der Waals surface area (Å²) in [6.45, 7) is 10.00. The largest absolute Gasteiger partial charge is 0.466 e. The van der Waals surface area contributed by atoms with Crippen LogP contribution in [0.3, 0.4) is 0 Å². The average molecular weight is 643 g/mol. The fourth-order valence-corrected chi connectivity index (χ4v) is 5.55. The number of hydrogen-bond acceptors (Lipinski definition) is 9. The lowest BCUT2D eigenvalue weighted by Crippen LogP contribution is -2.38. The van der Waals surface area contributed by atoms with Gasteiger partial charge in [0, 0.05) is 24.5 Å². The van der Waals surface area contributed by atoms with Crippen molar-refractivity contribution in [1.82, 2.24) is 19.7 Å². The molecule has 2 amide bonds. The third-order valence-electron chi connectivity index (χ3n) is 8.22. The number of hydrogen-bond donors (Lipinski definition) is 1. The number of alkyl halides is 2. The predicted molar refractivity (Wildman–Crippen MR) is 163 cm³/mol. The molecule has 0 radical (unpaired) electrons. The number of pyridine rings is 1. The highest BCUT2D eigenvalue weighted by Crippen LogP contribution is 2.40. The van der Waals surface area contributed by atoms with E-state index < -0.39 is 29.7 Å². The summed E-state index contributed by atoms with van der Waals surface area (Å²) >= 11 is 0. The molecule has 12 nitrogen and oxygen atoms in total. The van der Waals surface area contributed by atoms with E-state index >= 15 is 0 Å². The van der Waals surface area contributed by atoms with Crippen LogP contribution in [0.1, 0.15) is 95.4 Å². The second kappa shape index (κ2) is 13.6. The second-order valence-electron chi connectivity index (χ2n) is 12.9. The molecule has 1 unspecified atom stereocenters. The Kier molecular flexibility index (Phi) is 9.73. The number of anilines is 2. The van der Waals surface area contributed by atoms with E-state index in [0.717, 1.165) is 12.7 Å². The summed E-state index contributed by atoms with van der Waals surface area (Å²) in [6, 6.07) is 3.05. The van der Waals surface area contributed by atoms with Crippen molar-refractivity contribution in [2.45, 2.75) is 84.8 Å². The van der Waals surface area contributed by atoms with Gasteiger partial charge in [-0.3, -0.25) is 19.2 Å². The summed E-state index contributed by atoms with van der Waals surface area (Å²) in [5.41, 5.74) is -1.06. The number of aromatic nitrogens is 4. The Labute approximate surface area is 265 Å². The number of oxazole rings is 1. The number of nitrogens with zero attached hydrogens (tertiary/aromatic N) is 5. The van der Waals surface area contributed by atoms with Crippen molar-refractivity contribution >= 4 is 29.5 Å². The van der Waals surface area contributed by atoms with Crippen molar-refractivity contribution in [3.63, 3.8) is 0 Å². The molecule has 0 aromatic carbocycles. The molecule has 46 heavy (non-hydrogen) atoms. The van der Waals surface area contributed by atoms with Crippen LogP contribution in [-0.4, -0.2) is 56.5 Å². The van der Waals surface area contributed by atoms with E-state index in [-0.39, 0.29) is 35.2 Å².